The Morgan fingerprint density at radius 3 is 2.52 bits per heavy atom. The molecule has 0 unspecified atom stereocenters. The Morgan fingerprint density at radius 2 is 1.84 bits per heavy atom. The summed E-state index contributed by atoms with van der Waals surface area (Å²) in [7, 11) is 0. The van der Waals surface area contributed by atoms with Crippen molar-refractivity contribution >= 4 is 28.4 Å². The zero-order valence-electron chi connectivity index (χ0n) is 12.5. The summed E-state index contributed by atoms with van der Waals surface area (Å²) in [6.45, 7) is 0. The first-order chi connectivity index (χ1) is 11.9. The predicted molar refractivity (Wildman–Crippen MR) is 84.3 cm³/mol. The van der Waals surface area contributed by atoms with Gasteiger partial charge in [-0.2, -0.15) is 23.4 Å². The topological polar surface area (TPSA) is 81.8 Å². The lowest BCUT2D eigenvalue weighted by molar-refractivity contribution is -0.137. The van der Waals surface area contributed by atoms with Crippen LogP contribution in [-0.4, -0.2) is 19.6 Å². The molecule has 0 atom stereocenters. The fraction of sp³-hybridized carbons (Fsp3) is 0.0625. The van der Waals surface area contributed by atoms with E-state index in [4.69, 9.17) is 5.26 Å². The molecule has 4 rings (SSSR count). The van der Waals surface area contributed by atoms with E-state index in [1.807, 2.05) is 6.07 Å². The van der Waals surface area contributed by atoms with Crippen LogP contribution in [0.3, 0.4) is 0 Å². The van der Waals surface area contributed by atoms with Crippen LogP contribution in [-0.2, 0) is 6.18 Å². The maximum atomic E-state index is 12.6. The van der Waals surface area contributed by atoms with Crippen molar-refractivity contribution in [2.75, 3.05) is 5.32 Å². The summed E-state index contributed by atoms with van der Waals surface area (Å²) in [5, 5.41) is 14.8. The van der Waals surface area contributed by atoms with E-state index < -0.39 is 11.7 Å². The summed E-state index contributed by atoms with van der Waals surface area (Å²) in [5.41, 5.74) is 1.60. The van der Waals surface area contributed by atoms with Gasteiger partial charge in [0, 0.05) is 5.69 Å². The number of aromatic amines is 1. The van der Waals surface area contributed by atoms with E-state index in [1.54, 1.807) is 22.7 Å². The molecule has 2 aromatic carbocycles. The lowest BCUT2D eigenvalue weighted by Gasteiger charge is -2.07. The number of hydrogen-bond donors (Lipinski definition) is 2. The number of rotatable bonds is 2. The summed E-state index contributed by atoms with van der Waals surface area (Å²) >= 11 is 0. The molecule has 2 aromatic heterocycles. The molecule has 4 aromatic rings. The number of anilines is 2. The molecular weight excluding hydrogens is 333 g/mol. The van der Waals surface area contributed by atoms with Crippen molar-refractivity contribution < 1.29 is 13.2 Å². The van der Waals surface area contributed by atoms with Crippen LogP contribution >= 0.6 is 0 Å². The van der Waals surface area contributed by atoms with Gasteiger partial charge in [-0.05, 0) is 42.5 Å². The predicted octanol–water partition coefficient (Wildman–Crippen LogP) is 3.84. The number of nitrogens with one attached hydrogen (secondary N) is 2. The van der Waals surface area contributed by atoms with Crippen LogP contribution in [0.15, 0.2) is 42.5 Å². The van der Waals surface area contributed by atoms with Crippen molar-refractivity contribution in [3.8, 4) is 6.07 Å². The lowest BCUT2D eigenvalue weighted by Crippen LogP contribution is -2.04. The number of halogens is 3. The van der Waals surface area contributed by atoms with E-state index in [1.165, 1.54) is 12.1 Å². The minimum atomic E-state index is -4.37. The van der Waals surface area contributed by atoms with Gasteiger partial charge in [0.05, 0.1) is 28.2 Å². The Hall–Kier alpha value is -3.54. The molecule has 124 valence electrons. The molecule has 25 heavy (non-hydrogen) atoms. The highest BCUT2D eigenvalue weighted by Gasteiger charge is 2.29. The molecule has 2 heterocycles. The second-order valence-corrected chi connectivity index (χ2v) is 5.33. The van der Waals surface area contributed by atoms with Crippen LogP contribution in [0.5, 0.6) is 0 Å². The Kier molecular flexibility index (Phi) is 3.15. The highest BCUT2D eigenvalue weighted by Crippen LogP contribution is 2.30. The Bertz CT molecular complexity index is 1120. The molecular formula is C16H9F3N6. The maximum absolute atomic E-state index is 12.6. The van der Waals surface area contributed by atoms with Gasteiger partial charge in [0.15, 0.2) is 0 Å². The van der Waals surface area contributed by atoms with Gasteiger partial charge in [-0.3, -0.25) is 5.10 Å². The first-order valence-corrected chi connectivity index (χ1v) is 7.17. The number of benzene rings is 2. The number of nitrogens with zero attached hydrogens (tertiary/aromatic N) is 4. The van der Waals surface area contributed by atoms with Crippen molar-refractivity contribution in [2.24, 2.45) is 0 Å². The maximum Gasteiger partial charge on any atom is 0.416 e. The van der Waals surface area contributed by atoms with Crippen molar-refractivity contribution in [1.29, 1.82) is 5.26 Å². The van der Waals surface area contributed by atoms with Crippen molar-refractivity contribution in [3.63, 3.8) is 0 Å². The summed E-state index contributed by atoms with van der Waals surface area (Å²) in [5.74, 6) is 0.730. The number of imidazole rings is 1. The van der Waals surface area contributed by atoms with Crippen LogP contribution in [0.2, 0.25) is 0 Å². The van der Waals surface area contributed by atoms with Crippen molar-refractivity contribution in [2.45, 2.75) is 6.18 Å². The van der Waals surface area contributed by atoms with E-state index in [0.29, 0.717) is 28.5 Å². The van der Waals surface area contributed by atoms with Gasteiger partial charge >= 0.3 is 6.18 Å². The van der Waals surface area contributed by atoms with E-state index in [0.717, 1.165) is 17.6 Å². The largest absolute Gasteiger partial charge is 0.416 e. The molecule has 0 spiro atoms. The molecule has 0 saturated heterocycles. The summed E-state index contributed by atoms with van der Waals surface area (Å²) < 4.78 is 39.4. The first-order valence-electron chi connectivity index (χ1n) is 7.17. The first kappa shape index (κ1) is 15.0. The quantitative estimate of drug-likeness (QED) is 0.580. The molecule has 0 aliphatic carbocycles. The normalized spacial score (nSPS) is 11.8. The van der Waals surface area contributed by atoms with Crippen LogP contribution < -0.4 is 5.32 Å². The number of hydrogen-bond acceptors (Lipinski definition) is 4. The Balaban J connectivity index is 1.65. The fourth-order valence-electron chi connectivity index (χ4n) is 2.49. The molecule has 0 saturated carbocycles. The fourth-order valence-corrected chi connectivity index (χ4v) is 2.49. The molecule has 2 N–H and O–H groups in total. The van der Waals surface area contributed by atoms with Gasteiger partial charge in [-0.15, -0.1) is 0 Å². The Morgan fingerprint density at radius 1 is 1.08 bits per heavy atom. The van der Waals surface area contributed by atoms with E-state index >= 15 is 0 Å². The monoisotopic (exact) mass is 342 g/mol. The minimum Gasteiger partial charge on any atom is -0.325 e. The molecule has 0 bridgehead atoms. The lowest BCUT2D eigenvalue weighted by atomic mass is 10.2. The van der Waals surface area contributed by atoms with Gasteiger partial charge in [-0.25, -0.2) is 9.50 Å². The Labute approximate surface area is 138 Å². The average Bonchev–Trinajstić information content (AvgIpc) is 3.10. The number of alkyl halides is 3. The third kappa shape index (κ3) is 2.63. The second-order valence-electron chi connectivity index (χ2n) is 5.33. The third-order valence-electron chi connectivity index (χ3n) is 3.67. The SMILES string of the molecule is N#Cc1ccc2c(c1)nc1nc(Nc3ccc(C(F)(F)F)cc3)[nH]n12. The summed E-state index contributed by atoms with van der Waals surface area (Å²) in [6.07, 6.45) is -4.37. The van der Waals surface area contributed by atoms with Gasteiger partial charge in [-0.1, -0.05) is 0 Å². The van der Waals surface area contributed by atoms with Gasteiger partial charge in [0.2, 0.25) is 5.95 Å². The minimum absolute atomic E-state index is 0.341. The third-order valence-corrected chi connectivity index (χ3v) is 3.67. The van der Waals surface area contributed by atoms with Crippen LogP contribution in [0, 0.1) is 11.3 Å². The molecule has 9 heteroatoms. The standard InChI is InChI=1S/C16H9F3N6/c17-16(18,19)10-2-4-11(5-3-10)21-14-23-15-22-12-7-9(8-20)1-6-13(12)25(15)24-14/h1-7H,(H2,21,22,23,24). The molecule has 0 fully saturated rings. The highest BCUT2D eigenvalue weighted by molar-refractivity contribution is 5.81. The van der Waals surface area contributed by atoms with Crippen LogP contribution in [0.1, 0.15) is 11.1 Å². The number of aromatic nitrogens is 4. The number of H-pyrrole nitrogens is 1. The van der Waals surface area contributed by atoms with E-state index in [2.05, 4.69) is 20.4 Å². The number of fused-ring (bicyclic) bond motifs is 3. The molecule has 6 nitrogen and oxygen atoms in total. The second kappa shape index (κ2) is 5.24. The van der Waals surface area contributed by atoms with Crippen molar-refractivity contribution in [1.82, 2.24) is 19.6 Å². The summed E-state index contributed by atoms with van der Waals surface area (Å²) in [6, 6.07) is 11.7. The number of nitriles is 1. The molecule has 0 aliphatic rings. The van der Waals surface area contributed by atoms with Crippen LogP contribution in [0.4, 0.5) is 24.8 Å². The van der Waals surface area contributed by atoms with E-state index in [9.17, 15) is 13.2 Å². The zero-order valence-corrected chi connectivity index (χ0v) is 12.5. The zero-order chi connectivity index (χ0) is 17.6. The molecule has 0 radical (unpaired) electrons. The van der Waals surface area contributed by atoms with Gasteiger partial charge < -0.3 is 5.32 Å². The smallest absolute Gasteiger partial charge is 0.325 e. The summed E-state index contributed by atoms with van der Waals surface area (Å²) in [4.78, 5) is 8.57. The highest BCUT2D eigenvalue weighted by atomic mass is 19.4. The molecule has 0 aliphatic heterocycles. The van der Waals surface area contributed by atoms with E-state index in [-0.39, 0.29) is 0 Å². The molecule has 0 amide bonds. The van der Waals surface area contributed by atoms with Crippen LogP contribution in [0.25, 0.3) is 16.8 Å². The van der Waals surface area contributed by atoms with Gasteiger partial charge in [0.1, 0.15) is 0 Å². The van der Waals surface area contributed by atoms with Gasteiger partial charge in [0.25, 0.3) is 5.78 Å². The average molecular weight is 342 g/mol. The van der Waals surface area contributed by atoms with Crippen molar-refractivity contribution in [3.05, 3.63) is 53.6 Å².